The van der Waals surface area contributed by atoms with Crippen LogP contribution in [0.3, 0.4) is 0 Å². The molecule has 0 atom stereocenters. The van der Waals surface area contributed by atoms with Crippen LogP contribution in [0.25, 0.3) is 0 Å². The average molecular weight is 232 g/mol. The fourth-order valence-corrected chi connectivity index (χ4v) is 5.20. The summed E-state index contributed by atoms with van der Waals surface area (Å²) in [6, 6.07) is 0. The summed E-state index contributed by atoms with van der Waals surface area (Å²) in [7, 11) is 0. The highest BCUT2D eigenvalue weighted by Crippen LogP contribution is 2.60. The molecule has 4 bridgehead atoms. The third kappa shape index (κ3) is 1.49. The lowest BCUT2D eigenvalue weighted by molar-refractivity contribution is -0.0632. The van der Waals surface area contributed by atoms with Crippen LogP contribution in [-0.2, 0) is 6.54 Å². The molecular formula is C13H20N4. The molecule has 4 nitrogen and oxygen atoms in total. The van der Waals surface area contributed by atoms with E-state index in [1.54, 1.807) is 6.33 Å². The van der Waals surface area contributed by atoms with E-state index in [0.717, 1.165) is 24.3 Å². The normalized spacial score (nSPS) is 43.2. The minimum Gasteiger partial charge on any atom is -0.368 e. The second-order valence-electron chi connectivity index (χ2n) is 6.69. The third-order valence-electron chi connectivity index (χ3n) is 5.30. The minimum absolute atomic E-state index is 0.497. The van der Waals surface area contributed by atoms with Gasteiger partial charge in [0.05, 0.1) is 6.54 Å². The number of nitrogens with zero attached hydrogens (tertiary/aromatic N) is 3. The van der Waals surface area contributed by atoms with Crippen molar-refractivity contribution in [2.24, 2.45) is 23.2 Å². The molecule has 92 valence electrons. The molecular weight excluding hydrogens is 212 g/mol. The molecule has 1 aromatic rings. The van der Waals surface area contributed by atoms with Crippen LogP contribution in [0.5, 0.6) is 0 Å². The first kappa shape index (κ1) is 9.92. The van der Waals surface area contributed by atoms with Crippen molar-refractivity contribution in [3.63, 3.8) is 0 Å². The molecule has 1 heterocycles. The first-order chi connectivity index (χ1) is 8.22. The first-order valence-electron chi connectivity index (χ1n) is 6.86. The van der Waals surface area contributed by atoms with Crippen molar-refractivity contribution in [1.29, 1.82) is 0 Å². The van der Waals surface area contributed by atoms with E-state index in [1.165, 1.54) is 38.5 Å². The van der Waals surface area contributed by atoms with Gasteiger partial charge < -0.3 is 5.73 Å². The summed E-state index contributed by atoms with van der Waals surface area (Å²) in [5, 5.41) is 4.27. The number of nitrogen functional groups attached to an aromatic ring is 1. The van der Waals surface area contributed by atoms with Crippen molar-refractivity contribution in [2.75, 3.05) is 5.73 Å². The predicted molar refractivity (Wildman–Crippen MR) is 65.0 cm³/mol. The Kier molecular flexibility index (Phi) is 1.89. The lowest BCUT2D eigenvalue weighted by Gasteiger charge is -2.56. The first-order valence-corrected chi connectivity index (χ1v) is 6.86. The zero-order valence-electron chi connectivity index (χ0n) is 10.2. The van der Waals surface area contributed by atoms with Gasteiger partial charge in [0.25, 0.3) is 0 Å². The van der Waals surface area contributed by atoms with E-state index >= 15 is 0 Å². The van der Waals surface area contributed by atoms with E-state index in [-0.39, 0.29) is 0 Å². The summed E-state index contributed by atoms with van der Waals surface area (Å²) >= 11 is 0. The molecule has 0 unspecified atom stereocenters. The number of hydrogen-bond donors (Lipinski definition) is 1. The van der Waals surface area contributed by atoms with Crippen molar-refractivity contribution < 1.29 is 0 Å². The van der Waals surface area contributed by atoms with Gasteiger partial charge in [0, 0.05) is 0 Å². The molecule has 5 rings (SSSR count). The Hall–Kier alpha value is -1.06. The Morgan fingerprint density at radius 1 is 1.18 bits per heavy atom. The van der Waals surface area contributed by atoms with Crippen molar-refractivity contribution in [2.45, 2.75) is 45.1 Å². The van der Waals surface area contributed by atoms with Crippen LogP contribution in [-0.4, -0.2) is 14.8 Å². The second-order valence-corrected chi connectivity index (χ2v) is 6.69. The lowest BCUT2D eigenvalue weighted by Crippen LogP contribution is -2.48. The van der Waals surface area contributed by atoms with E-state index < -0.39 is 0 Å². The molecule has 17 heavy (non-hydrogen) atoms. The Bertz CT molecular complexity index is 401. The van der Waals surface area contributed by atoms with Crippen LogP contribution in [0.2, 0.25) is 0 Å². The van der Waals surface area contributed by atoms with Crippen LogP contribution >= 0.6 is 0 Å². The van der Waals surface area contributed by atoms with Gasteiger partial charge in [-0.05, 0) is 61.7 Å². The molecule has 1 aromatic heterocycles. The van der Waals surface area contributed by atoms with Gasteiger partial charge in [0.15, 0.2) is 0 Å². The zero-order valence-corrected chi connectivity index (χ0v) is 10.2. The van der Waals surface area contributed by atoms with Crippen LogP contribution in [0.1, 0.15) is 38.5 Å². The molecule has 4 aliphatic rings. The molecule has 0 spiro atoms. The summed E-state index contributed by atoms with van der Waals surface area (Å²) in [6.07, 6.45) is 10.3. The molecule has 0 amide bonds. The highest BCUT2D eigenvalue weighted by molar-refractivity contribution is 5.13. The van der Waals surface area contributed by atoms with Gasteiger partial charge in [-0.1, -0.05) is 0 Å². The molecule has 2 N–H and O–H groups in total. The van der Waals surface area contributed by atoms with Gasteiger partial charge in [0.2, 0.25) is 5.95 Å². The highest BCUT2D eigenvalue weighted by atomic mass is 15.4. The molecule has 4 aliphatic carbocycles. The SMILES string of the molecule is Nc1ncnn1CC12CC3CC(CC(C3)C1)C2. The van der Waals surface area contributed by atoms with Crippen LogP contribution in [0.15, 0.2) is 6.33 Å². The van der Waals surface area contributed by atoms with E-state index in [9.17, 15) is 0 Å². The third-order valence-corrected chi connectivity index (χ3v) is 5.30. The van der Waals surface area contributed by atoms with Crippen LogP contribution in [0.4, 0.5) is 5.95 Å². The number of nitrogens with two attached hydrogens (primary N) is 1. The average Bonchev–Trinajstić information content (AvgIpc) is 2.61. The molecule has 4 saturated carbocycles. The van der Waals surface area contributed by atoms with E-state index in [0.29, 0.717) is 11.4 Å². The monoisotopic (exact) mass is 232 g/mol. The van der Waals surface area contributed by atoms with Gasteiger partial charge in [-0.15, -0.1) is 0 Å². The van der Waals surface area contributed by atoms with Crippen molar-refractivity contribution in [3.8, 4) is 0 Å². The highest BCUT2D eigenvalue weighted by Gasteiger charge is 2.51. The number of aromatic nitrogens is 3. The largest absolute Gasteiger partial charge is 0.368 e. The zero-order chi connectivity index (χ0) is 11.5. The summed E-state index contributed by atoms with van der Waals surface area (Å²) in [5.74, 6) is 3.56. The summed E-state index contributed by atoms with van der Waals surface area (Å²) < 4.78 is 1.92. The lowest BCUT2D eigenvalue weighted by atomic mass is 9.49. The predicted octanol–water partition coefficient (Wildman–Crippen LogP) is 2.08. The van der Waals surface area contributed by atoms with Crippen LogP contribution < -0.4 is 5.73 Å². The van der Waals surface area contributed by atoms with Gasteiger partial charge in [-0.3, -0.25) is 0 Å². The van der Waals surface area contributed by atoms with Crippen molar-refractivity contribution in [1.82, 2.24) is 14.8 Å². The maximum atomic E-state index is 5.86. The Morgan fingerprint density at radius 3 is 2.24 bits per heavy atom. The maximum absolute atomic E-state index is 5.86. The van der Waals surface area contributed by atoms with E-state index in [1.807, 2.05) is 4.68 Å². The smallest absolute Gasteiger partial charge is 0.218 e. The molecule has 0 saturated heterocycles. The summed E-state index contributed by atoms with van der Waals surface area (Å²) in [4.78, 5) is 4.04. The maximum Gasteiger partial charge on any atom is 0.218 e. The molecule has 0 aliphatic heterocycles. The van der Waals surface area contributed by atoms with E-state index in [4.69, 9.17) is 5.73 Å². The molecule has 4 fully saturated rings. The number of hydrogen-bond acceptors (Lipinski definition) is 3. The summed E-state index contributed by atoms with van der Waals surface area (Å²) in [6.45, 7) is 1.00. The van der Waals surface area contributed by atoms with Gasteiger partial charge in [0.1, 0.15) is 6.33 Å². The van der Waals surface area contributed by atoms with Gasteiger partial charge in [-0.2, -0.15) is 5.10 Å². The minimum atomic E-state index is 0.497. The Balaban J connectivity index is 1.62. The quantitative estimate of drug-likeness (QED) is 0.849. The van der Waals surface area contributed by atoms with Gasteiger partial charge >= 0.3 is 0 Å². The molecule has 4 heteroatoms. The van der Waals surface area contributed by atoms with Gasteiger partial charge in [-0.25, -0.2) is 9.67 Å². The topological polar surface area (TPSA) is 56.7 Å². The molecule has 0 radical (unpaired) electrons. The van der Waals surface area contributed by atoms with Crippen LogP contribution in [0, 0.1) is 23.2 Å². The number of rotatable bonds is 2. The Labute approximate surface area is 102 Å². The summed E-state index contributed by atoms with van der Waals surface area (Å²) in [5.41, 5.74) is 6.36. The standard InChI is InChI=1S/C13H20N4/c14-12-15-8-16-17(12)7-13-4-9-1-10(5-13)3-11(2-9)6-13/h8-11H,1-7H2,(H2,14,15,16). The number of anilines is 1. The van der Waals surface area contributed by atoms with E-state index in [2.05, 4.69) is 10.1 Å². The molecule has 0 aromatic carbocycles. The van der Waals surface area contributed by atoms with Crippen molar-refractivity contribution >= 4 is 5.95 Å². The second kappa shape index (κ2) is 3.24. The fourth-order valence-electron chi connectivity index (χ4n) is 5.20. The Morgan fingerprint density at radius 2 is 1.76 bits per heavy atom. The fraction of sp³-hybridized carbons (Fsp3) is 0.846. The van der Waals surface area contributed by atoms with Crippen molar-refractivity contribution in [3.05, 3.63) is 6.33 Å².